The third-order valence-electron chi connectivity index (χ3n) is 4.93. The number of fused-ring (bicyclic) bond motifs is 1. The normalized spacial score (nSPS) is 10.8. The van der Waals surface area contributed by atoms with E-state index < -0.39 is 5.97 Å². The van der Waals surface area contributed by atoms with E-state index in [1.54, 1.807) is 24.3 Å². The largest absolute Gasteiger partial charge is 0.481 e. The van der Waals surface area contributed by atoms with Crippen LogP contribution < -0.4 is 10.1 Å². The number of nitrogens with zero attached hydrogens (tertiary/aromatic N) is 1. The highest BCUT2D eigenvalue weighted by Gasteiger charge is 2.15. The molecular formula is C24H18Cl2N2O4. The highest BCUT2D eigenvalue weighted by Crippen LogP contribution is 2.37. The van der Waals surface area contributed by atoms with Gasteiger partial charge in [-0.3, -0.25) is 9.59 Å². The van der Waals surface area contributed by atoms with E-state index in [0.717, 1.165) is 10.9 Å². The Morgan fingerprint density at radius 3 is 2.28 bits per heavy atom. The standard InChI is InChI=1S/C24H18Cl2N2O4/c1-28-20-5-3-2-4-15(20)13-21(28)24(31)27-16-6-8-17(9-7-16)32-23-18(25)10-14(11-19(23)26)12-22(29)30/h2-11,13H,12H2,1H3,(H,27,31)(H,29,30). The highest BCUT2D eigenvalue weighted by molar-refractivity contribution is 6.37. The Hall–Kier alpha value is -3.48. The van der Waals surface area contributed by atoms with Gasteiger partial charge in [0.25, 0.3) is 5.91 Å². The molecule has 1 amide bonds. The van der Waals surface area contributed by atoms with Gasteiger partial charge in [0.1, 0.15) is 11.4 Å². The van der Waals surface area contributed by atoms with Crippen molar-refractivity contribution in [1.29, 1.82) is 0 Å². The Kier molecular flexibility index (Phi) is 6.08. The van der Waals surface area contributed by atoms with Crippen molar-refractivity contribution in [3.05, 3.63) is 88.0 Å². The summed E-state index contributed by atoms with van der Waals surface area (Å²) in [5, 5.41) is 13.2. The van der Waals surface area contributed by atoms with Crippen molar-refractivity contribution < 1.29 is 19.4 Å². The molecule has 3 aromatic carbocycles. The number of carbonyl (C=O) groups is 2. The molecule has 6 nitrogen and oxygen atoms in total. The van der Waals surface area contributed by atoms with Crippen LogP contribution in [0.1, 0.15) is 16.1 Å². The fraction of sp³-hybridized carbons (Fsp3) is 0.0833. The van der Waals surface area contributed by atoms with Crippen LogP contribution in [0, 0.1) is 0 Å². The first-order valence-corrected chi connectivity index (χ1v) is 10.4. The number of rotatable bonds is 6. The van der Waals surface area contributed by atoms with Crippen molar-refractivity contribution in [2.45, 2.75) is 6.42 Å². The number of carboxylic acid groups (broad SMARTS) is 1. The maximum absolute atomic E-state index is 12.7. The van der Waals surface area contributed by atoms with E-state index in [4.69, 9.17) is 33.0 Å². The lowest BCUT2D eigenvalue weighted by Crippen LogP contribution is -2.15. The number of benzene rings is 3. The summed E-state index contributed by atoms with van der Waals surface area (Å²) < 4.78 is 7.62. The van der Waals surface area contributed by atoms with E-state index in [0.29, 0.717) is 22.7 Å². The first-order chi connectivity index (χ1) is 15.3. The van der Waals surface area contributed by atoms with Crippen LogP contribution in [0.5, 0.6) is 11.5 Å². The fourth-order valence-electron chi connectivity index (χ4n) is 3.41. The lowest BCUT2D eigenvalue weighted by molar-refractivity contribution is -0.136. The number of anilines is 1. The number of carboxylic acids is 1. The summed E-state index contributed by atoms with van der Waals surface area (Å²) in [4.78, 5) is 23.6. The fourth-order valence-corrected chi connectivity index (χ4v) is 4.02. The van der Waals surface area contributed by atoms with Gasteiger partial charge in [0.05, 0.1) is 16.5 Å². The summed E-state index contributed by atoms with van der Waals surface area (Å²) in [6, 6.07) is 19.4. The minimum absolute atomic E-state index is 0.190. The Morgan fingerprint density at radius 2 is 1.66 bits per heavy atom. The second kappa shape index (κ2) is 8.94. The van der Waals surface area contributed by atoms with Gasteiger partial charge in [0, 0.05) is 23.6 Å². The van der Waals surface area contributed by atoms with Crippen LogP contribution in [0.25, 0.3) is 10.9 Å². The zero-order valence-corrected chi connectivity index (χ0v) is 18.4. The van der Waals surface area contributed by atoms with Crippen molar-refractivity contribution in [3.63, 3.8) is 0 Å². The van der Waals surface area contributed by atoms with Crippen molar-refractivity contribution >= 4 is 51.7 Å². The first-order valence-electron chi connectivity index (χ1n) is 9.65. The molecule has 4 rings (SSSR count). The predicted octanol–water partition coefficient (Wildman–Crippen LogP) is 6.16. The van der Waals surface area contributed by atoms with E-state index >= 15 is 0 Å². The average molecular weight is 469 g/mol. The third kappa shape index (κ3) is 4.56. The van der Waals surface area contributed by atoms with E-state index in [9.17, 15) is 9.59 Å². The van der Waals surface area contributed by atoms with Crippen LogP contribution in [0.4, 0.5) is 5.69 Å². The molecule has 8 heteroatoms. The average Bonchev–Trinajstić information content (AvgIpc) is 3.08. The lowest BCUT2D eigenvalue weighted by Gasteiger charge is -2.12. The molecule has 1 heterocycles. The molecule has 0 aliphatic rings. The third-order valence-corrected chi connectivity index (χ3v) is 5.49. The van der Waals surface area contributed by atoms with E-state index in [2.05, 4.69) is 5.32 Å². The molecule has 0 radical (unpaired) electrons. The van der Waals surface area contributed by atoms with Crippen molar-refractivity contribution in [1.82, 2.24) is 4.57 Å². The second-order valence-electron chi connectivity index (χ2n) is 7.19. The van der Waals surface area contributed by atoms with Gasteiger partial charge in [-0.2, -0.15) is 0 Å². The Bertz CT molecular complexity index is 1310. The minimum atomic E-state index is -0.980. The summed E-state index contributed by atoms with van der Waals surface area (Å²) >= 11 is 12.4. The molecule has 0 bridgehead atoms. The Balaban J connectivity index is 1.48. The zero-order valence-electron chi connectivity index (χ0n) is 16.9. The number of nitrogens with one attached hydrogen (secondary N) is 1. The number of ether oxygens (including phenoxy) is 1. The molecule has 162 valence electrons. The SMILES string of the molecule is Cn1c(C(=O)Nc2ccc(Oc3c(Cl)cc(CC(=O)O)cc3Cl)cc2)cc2ccccc21. The van der Waals surface area contributed by atoms with Gasteiger partial charge in [0.2, 0.25) is 0 Å². The van der Waals surface area contributed by atoms with Crippen LogP contribution >= 0.6 is 23.2 Å². The van der Waals surface area contributed by atoms with Gasteiger partial charge in [0.15, 0.2) is 5.75 Å². The smallest absolute Gasteiger partial charge is 0.307 e. The predicted molar refractivity (Wildman–Crippen MR) is 125 cm³/mol. The maximum Gasteiger partial charge on any atom is 0.307 e. The highest BCUT2D eigenvalue weighted by atomic mass is 35.5. The van der Waals surface area contributed by atoms with Gasteiger partial charge in [-0.1, -0.05) is 41.4 Å². The molecule has 2 N–H and O–H groups in total. The van der Waals surface area contributed by atoms with Gasteiger partial charge >= 0.3 is 5.97 Å². The molecule has 0 atom stereocenters. The van der Waals surface area contributed by atoms with Crippen molar-refractivity contribution in [2.24, 2.45) is 7.05 Å². The number of hydrogen-bond acceptors (Lipinski definition) is 3. The van der Waals surface area contributed by atoms with Gasteiger partial charge in [-0.15, -0.1) is 0 Å². The molecule has 4 aromatic rings. The summed E-state index contributed by atoms with van der Waals surface area (Å²) in [6.45, 7) is 0. The Labute approximate surface area is 193 Å². The molecule has 0 spiro atoms. The number of aromatic nitrogens is 1. The molecule has 0 fully saturated rings. The number of aliphatic carboxylic acids is 1. The molecule has 0 unspecified atom stereocenters. The van der Waals surface area contributed by atoms with Gasteiger partial charge in [-0.05, 0) is 54.1 Å². The minimum Gasteiger partial charge on any atom is -0.481 e. The number of hydrogen-bond donors (Lipinski definition) is 2. The van der Waals surface area contributed by atoms with Crippen LogP contribution in [0.15, 0.2) is 66.7 Å². The van der Waals surface area contributed by atoms with E-state index in [-0.39, 0.29) is 28.1 Å². The second-order valence-corrected chi connectivity index (χ2v) is 8.00. The molecule has 0 aliphatic carbocycles. The van der Waals surface area contributed by atoms with Crippen molar-refractivity contribution in [3.8, 4) is 11.5 Å². The molecule has 0 aliphatic heterocycles. The summed E-state index contributed by atoms with van der Waals surface area (Å²) in [5.74, 6) is -0.512. The van der Waals surface area contributed by atoms with Crippen molar-refractivity contribution in [2.75, 3.05) is 5.32 Å². The van der Waals surface area contributed by atoms with E-state index in [1.807, 2.05) is 41.9 Å². The number of amides is 1. The molecule has 1 aromatic heterocycles. The summed E-state index contributed by atoms with van der Waals surface area (Å²) in [5.41, 5.74) is 2.60. The molecule has 0 saturated carbocycles. The number of aryl methyl sites for hydroxylation is 1. The maximum atomic E-state index is 12.7. The number of para-hydroxylation sites is 1. The van der Waals surface area contributed by atoms with Crippen LogP contribution in [-0.4, -0.2) is 21.6 Å². The topological polar surface area (TPSA) is 80.6 Å². The summed E-state index contributed by atoms with van der Waals surface area (Å²) in [7, 11) is 1.85. The van der Waals surface area contributed by atoms with E-state index in [1.165, 1.54) is 12.1 Å². The summed E-state index contributed by atoms with van der Waals surface area (Å²) in [6.07, 6.45) is -0.190. The molecular weight excluding hydrogens is 451 g/mol. The zero-order chi connectivity index (χ0) is 22.8. The quantitative estimate of drug-likeness (QED) is 0.355. The lowest BCUT2D eigenvalue weighted by atomic mass is 10.1. The first kappa shape index (κ1) is 21.7. The van der Waals surface area contributed by atoms with Gasteiger partial charge in [-0.25, -0.2) is 0 Å². The molecule has 0 saturated heterocycles. The van der Waals surface area contributed by atoms with Crippen LogP contribution in [-0.2, 0) is 18.3 Å². The Morgan fingerprint density at radius 1 is 1.00 bits per heavy atom. The van der Waals surface area contributed by atoms with Gasteiger partial charge < -0.3 is 19.7 Å². The monoisotopic (exact) mass is 468 g/mol. The molecule has 32 heavy (non-hydrogen) atoms. The van der Waals surface area contributed by atoms with Crippen LogP contribution in [0.2, 0.25) is 10.0 Å². The number of carbonyl (C=O) groups excluding carboxylic acids is 1. The van der Waals surface area contributed by atoms with Crippen LogP contribution in [0.3, 0.4) is 0 Å². The number of halogens is 2.